The molecule has 0 amide bonds. The molecule has 0 bridgehead atoms. The molecule has 0 aromatic carbocycles. The molecule has 0 saturated carbocycles. The Balaban J connectivity index is 1.35. The van der Waals surface area contributed by atoms with Gasteiger partial charge in [0.05, 0.1) is 0 Å². The molecular weight excluding hydrogens is 330 g/mol. The van der Waals surface area contributed by atoms with Crippen LogP contribution < -0.4 is 0 Å². The third kappa shape index (κ3) is 5.93. The summed E-state index contributed by atoms with van der Waals surface area (Å²) in [6, 6.07) is 0.854. The average molecular weight is 378 g/mol. The van der Waals surface area contributed by atoms with Crippen LogP contribution in [0, 0.1) is 17.3 Å². The van der Waals surface area contributed by atoms with Crippen molar-refractivity contribution < 1.29 is 0 Å². The highest BCUT2D eigenvalue weighted by Crippen LogP contribution is 2.35. The third-order valence-corrected chi connectivity index (χ3v) is 7.91. The van der Waals surface area contributed by atoms with Gasteiger partial charge in [-0.2, -0.15) is 0 Å². The van der Waals surface area contributed by atoms with Gasteiger partial charge in [0.25, 0.3) is 0 Å². The number of piperidine rings is 3. The Labute approximate surface area is 169 Å². The van der Waals surface area contributed by atoms with E-state index >= 15 is 0 Å². The molecule has 3 aliphatic heterocycles. The van der Waals surface area contributed by atoms with Crippen LogP contribution in [0.3, 0.4) is 0 Å². The minimum atomic E-state index is 0.346. The van der Waals surface area contributed by atoms with Crippen LogP contribution in [-0.2, 0) is 0 Å². The largest absolute Gasteiger partial charge is 0.303 e. The molecule has 3 nitrogen and oxygen atoms in total. The Kier molecular flexibility index (Phi) is 6.97. The Bertz CT molecular complexity index is 437. The van der Waals surface area contributed by atoms with Gasteiger partial charge in [0.2, 0.25) is 0 Å². The fourth-order valence-electron chi connectivity index (χ4n) is 5.75. The molecule has 3 saturated heterocycles. The minimum absolute atomic E-state index is 0.346. The summed E-state index contributed by atoms with van der Waals surface area (Å²) in [6.45, 7) is 23.7. The molecule has 0 aromatic heterocycles. The zero-order valence-electron chi connectivity index (χ0n) is 19.3. The lowest BCUT2D eigenvalue weighted by atomic mass is 9.75. The smallest absolute Gasteiger partial charge is 0.0125 e. The molecule has 0 aliphatic carbocycles. The summed E-state index contributed by atoms with van der Waals surface area (Å²) in [5.41, 5.74) is 0.846. The second kappa shape index (κ2) is 8.71. The van der Waals surface area contributed by atoms with Crippen molar-refractivity contribution in [3.63, 3.8) is 0 Å². The lowest BCUT2D eigenvalue weighted by molar-refractivity contribution is 0.0339. The normalized spacial score (nSPS) is 27.3. The molecule has 3 heterocycles. The van der Waals surface area contributed by atoms with Gasteiger partial charge in [-0.05, 0) is 103 Å². The molecule has 158 valence electrons. The highest BCUT2D eigenvalue weighted by Gasteiger charge is 2.33. The zero-order valence-corrected chi connectivity index (χ0v) is 19.3. The monoisotopic (exact) mass is 377 g/mol. The molecule has 0 radical (unpaired) electrons. The van der Waals surface area contributed by atoms with Crippen molar-refractivity contribution in [3.05, 3.63) is 0 Å². The summed E-state index contributed by atoms with van der Waals surface area (Å²) in [5, 5.41) is 0. The molecule has 3 aliphatic rings. The first-order chi connectivity index (χ1) is 12.6. The predicted molar refractivity (Wildman–Crippen MR) is 117 cm³/mol. The Morgan fingerprint density at radius 3 is 1.70 bits per heavy atom. The van der Waals surface area contributed by atoms with Crippen LogP contribution in [0.5, 0.6) is 0 Å². The van der Waals surface area contributed by atoms with Crippen LogP contribution >= 0.6 is 0 Å². The maximum atomic E-state index is 2.84. The van der Waals surface area contributed by atoms with Crippen LogP contribution in [0.15, 0.2) is 0 Å². The van der Waals surface area contributed by atoms with Crippen molar-refractivity contribution >= 4 is 0 Å². The lowest BCUT2D eigenvalue weighted by Gasteiger charge is -2.46. The topological polar surface area (TPSA) is 9.72 Å². The van der Waals surface area contributed by atoms with Gasteiger partial charge >= 0.3 is 0 Å². The van der Waals surface area contributed by atoms with Crippen molar-refractivity contribution in [2.75, 3.05) is 45.8 Å². The fraction of sp³-hybridized carbons (Fsp3) is 1.00. The van der Waals surface area contributed by atoms with Crippen LogP contribution in [0.25, 0.3) is 0 Å². The van der Waals surface area contributed by atoms with E-state index in [1.165, 1.54) is 84.3 Å². The van der Waals surface area contributed by atoms with Gasteiger partial charge in [-0.3, -0.25) is 4.90 Å². The van der Waals surface area contributed by atoms with Crippen molar-refractivity contribution in [2.45, 2.75) is 91.6 Å². The van der Waals surface area contributed by atoms with Gasteiger partial charge in [-0.1, -0.05) is 20.8 Å². The van der Waals surface area contributed by atoms with E-state index in [9.17, 15) is 0 Å². The van der Waals surface area contributed by atoms with E-state index < -0.39 is 0 Å². The standard InChI is InChI=1S/C24H47N3/c1-23(2,3)21-9-13-25(14-10-21)19-20-7-15-26(16-8-20)22-11-17-27(18-12-22)24(4,5)6/h20-22H,7-19H2,1-6H3. The van der Waals surface area contributed by atoms with Crippen LogP contribution in [0.2, 0.25) is 0 Å². The van der Waals surface area contributed by atoms with Crippen molar-refractivity contribution in [3.8, 4) is 0 Å². The number of hydrogen-bond donors (Lipinski definition) is 0. The van der Waals surface area contributed by atoms with Crippen molar-refractivity contribution in [1.29, 1.82) is 0 Å². The summed E-state index contributed by atoms with van der Waals surface area (Å²) in [5.74, 6) is 1.87. The Morgan fingerprint density at radius 2 is 1.22 bits per heavy atom. The van der Waals surface area contributed by atoms with Crippen LogP contribution in [0.4, 0.5) is 0 Å². The highest BCUT2D eigenvalue weighted by atomic mass is 15.2. The molecule has 0 N–H and O–H groups in total. The van der Waals surface area contributed by atoms with E-state index in [1.807, 2.05) is 0 Å². The zero-order chi connectivity index (χ0) is 19.7. The maximum absolute atomic E-state index is 2.84. The van der Waals surface area contributed by atoms with E-state index in [-0.39, 0.29) is 0 Å². The first kappa shape index (κ1) is 21.6. The first-order valence-electron chi connectivity index (χ1n) is 11.8. The first-order valence-corrected chi connectivity index (χ1v) is 11.8. The Morgan fingerprint density at radius 1 is 0.667 bits per heavy atom. The van der Waals surface area contributed by atoms with Gasteiger partial charge in [0.15, 0.2) is 0 Å². The van der Waals surface area contributed by atoms with E-state index in [0.717, 1.165) is 17.9 Å². The highest BCUT2D eigenvalue weighted by molar-refractivity contribution is 4.88. The number of likely N-dealkylation sites (tertiary alicyclic amines) is 3. The van der Waals surface area contributed by atoms with Crippen molar-refractivity contribution in [2.24, 2.45) is 17.3 Å². The molecule has 0 atom stereocenters. The van der Waals surface area contributed by atoms with E-state index in [1.54, 1.807) is 0 Å². The second-order valence-corrected chi connectivity index (χ2v) is 11.8. The minimum Gasteiger partial charge on any atom is -0.303 e. The van der Waals surface area contributed by atoms with Gasteiger partial charge < -0.3 is 9.80 Å². The summed E-state index contributed by atoms with van der Waals surface area (Å²) in [6.07, 6.45) is 8.44. The lowest BCUT2D eigenvalue weighted by Crippen LogP contribution is -2.52. The van der Waals surface area contributed by atoms with E-state index in [2.05, 4.69) is 56.2 Å². The second-order valence-electron chi connectivity index (χ2n) is 11.8. The summed E-state index contributed by atoms with van der Waals surface area (Å²) in [4.78, 5) is 8.30. The number of nitrogens with zero attached hydrogens (tertiary/aromatic N) is 3. The van der Waals surface area contributed by atoms with E-state index in [4.69, 9.17) is 0 Å². The number of rotatable bonds is 3. The summed E-state index contributed by atoms with van der Waals surface area (Å²) >= 11 is 0. The summed E-state index contributed by atoms with van der Waals surface area (Å²) < 4.78 is 0. The maximum Gasteiger partial charge on any atom is 0.0125 e. The molecule has 3 rings (SSSR count). The van der Waals surface area contributed by atoms with Crippen molar-refractivity contribution in [1.82, 2.24) is 14.7 Å². The molecule has 3 fully saturated rings. The average Bonchev–Trinajstić information content (AvgIpc) is 2.61. The van der Waals surface area contributed by atoms with Gasteiger partial charge in [-0.25, -0.2) is 0 Å². The third-order valence-electron chi connectivity index (χ3n) is 7.91. The molecule has 27 heavy (non-hydrogen) atoms. The predicted octanol–water partition coefficient (Wildman–Crippen LogP) is 4.72. The molecular formula is C24H47N3. The molecule has 0 spiro atoms. The summed E-state index contributed by atoms with van der Waals surface area (Å²) in [7, 11) is 0. The molecule has 3 heteroatoms. The van der Waals surface area contributed by atoms with Crippen LogP contribution in [-0.4, -0.2) is 72.1 Å². The van der Waals surface area contributed by atoms with Gasteiger partial charge in [0, 0.05) is 31.2 Å². The number of hydrogen-bond acceptors (Lipinski definition) is 3. The van der Waals surface area contributed by atoms with Gasteiger partial charge in [0.1, 0.15) is 0 Å². The fourth-order valence-corrected chi connectivity index (χ4v) is 5.75. The van der Waals surface area contributed by atoms with Crippen LogP contribution in [0.1, 0.15) is 80.1 Å². The van der Waals surface area contributed by atoms with Gasteiger partial charge in [-0.15, -0.1) is 0 Å². The molecule has 0 aromatic rings. The Hall–Kier alpha value is -0.120. The van der Waals surface area contributed by atoms with E-state index in [0.29, 0.717) is 11.0 Å². The SMILES string of the molecule is CC(C)(C)C1CCN(CC2CCN(C3CCN(C(C)(C)C)CC3)CC2)CC1. The molecule has 0 unspecified atom stereocenters. The quantitative estimate of drug-likeness (QED) is 0.704.